The maximum Gasteiger partial charge on any atom is 0.0104 e. The summed E-state index contributed by atoms with van der Waals surface area (Å²) in [6.07, 6.45) is 11.2. The summed E-state index contributed by atoms with van der Waals surface area (Å²) in [5.41, 5.74) is 5.56. The number of hydrogen-bond donors (Lipinski definition) is 1. The zero-order valence-electron chi connectivity index (χ0n) is 11.5. The van der Waals surface area contributed by atoms with Crippen molar-refractivity contribution in [3.63, 3.8) is 0 Å². The van der Waals surface area contributed by atoms with Crippen LogP contribution in [0, 0.1) is 0 Å². The monoisotopic (exact) mass is 228 g/mol. The molecule has 2 nitrogen and oxygen atoms in total. The lowest BCUT2D eigenvalue weighted by Gasteiger charge is -2.18. The van der Waals surface area contributed by atoms with E-state index >= 15 is 0 Å². The lowest BCUT2D eigenvalue weighted by Crippen LogP contribution is -2.30. The second-order valence-electron chi connectivity index (χ2n) is 4.70. The number of nitrogens with two attached hydrogens (primary N) is 1. The van der Waals surface area contributed by atoms with Gasteiger partial charge in [-0.15, -0.1) is 0 Å². The Morgan fingerprint density at radius 1 is 0.750 bits per heavy atom. The van der Waals surface area contributed by atoms with E-state index in [-0.39, 0.29) is 0 Å². The van der Waals surface area contributed by atoms with E-state index < -0.39 is 0 Å². The Labute approximate surface area is 103 Å². The third-order valence-electron chi connectivity index (χ3n) is 3.22. The topological polar surface area (TPSA) is 29.3 Å². The summed E-state index contributed by atoms with van der Waals surface area (Å²) in [6, 6.07) is 0. The van der Waals surface area contributed by atoms with Gasteiger partial charge in [0, 0.05) is 13.1 Å². The molecule has 0 fully saturated rings. The van der Waals surface area contributed by atoms with E-state index in [1.165, 1.54) is 57.9 Å². The standard InChI is InChI=1S/C14H32N2/c1-3-5-6-7-8-9-10-11-13-16(4-2)14-12-15/h3-15H2,1-2H3. The Hall–Kier alpha value is -0.0800. The Morgan fingerprint density at radius 3 is 1.81 bits per heavy atom. The summed E-state index contributed by atoms with van der Waals surface area (Å²) >= 11 is 0. The van der Waals surface area contributed by atoms with Crippen molar-refractivity contribution in [2.24, 2.45) is 5.73 Å². The summed E-state index contributed by atoms with van der Waals surface area (Å²) in [5, 5.41) is 0. The lowest BCUT2D eigenvalue weighted by molar-refractivity contribution is 0.288. The Balaban J connectivity index is 3.12. The van der Waals surface area contributed by atoms with Gasteiger partial charge in [0.25, 0.3) is 0 Å². The van der Waals surface area contributed by atoms with Crippen molar-refractivity contribution < 1.29 is 0 Å². The van der Waals surface area contributed by atoms with E-state index in [0.717, 1.165) is 19.6 Å². The third-order valence-corrected chi connectivity index (χ3v) is 3.22. The molecule has 0 spiro atoms. The minimum Gasteiger partial charge on any atom is -0.329 e. The van der Waals surface area contributed by atoms with Gasteiger partial charge in [-0.3, -0.25) is 0 Å². The number of unbranched alkanes of at least 4 members (excludes halogenated alkanes) is 7. The molecule has 0 atom stereocenters. The fourth-order valence-corrected chi connectivity index (χ4v) is 2.08. The Bertz CT molecular complexity index is 126. The van der Waals surface area contributed by atoms with Gasteiger partial charge in [-0.05, 0) is 19.5 Å². The second-order valence-corrected chi connectivity index (χ2v) is 4.70. The molecule has 16 heavy (non-hydrogen) atoms. The number of likely N-dealkylation sites (N-methyl/N-ethyl adjacent to an activating group) is 1. The van der Waals surface area contributed by atoms with Crippen LogP contribution < -0.4 is 5.73 Å². The molecule has 0 rings (SSSR count). The van der Waals surface area contributed by atoms with Gasteiger partial charge in [-0.2, -0.15) is 0 Å². The molecule has 0 aliphatic heterocycles. The van der Waals surface area contributed by atoms with Gasteiger partial charge in [-0.25, -0.2) is 0 Å². The van der Waals surface area contributed by atoms with E-state index in [1.54, 1.807) is 0 Å². The zero-order valence-corrected chi connectivity index (χ0v) is 11.5. The molecule has 0 aromatic heterocycles. The van der Waals surface area contributed by atoms with Crippen LogP contribution in [0.4, 0.5) is 0 Å². The molecule has 0 radical (unpaired) electrons. The van der Waals surface area contributed by atoms with E-state index in [1.807, 2.05) is 0 Å². The van der Waals surface area contributed by atoms with Crippen molar-refractivity contribution in [3.8, 4) is 0 Å². The van der Waals surface area contributed by atoms with E-state index in [0.29, 0.717) is 0 Å². The highest BCUT2D eigenvalue weighted by molar-refractivity contribution is 4.56. The van der Waals surface area contributed by atoms with Crippen molar-refractivity contribution in [1.29, 1.82) is 0 Å². The van der Waals surface area contributed by atoms with Gasteiger partial charge in [0.1, 0.15) is 0 Å². The fraction of sp³-hybridized carbons (Fsp3) is 1.00. The molecule has 0 aliphatic carbocycles. The molecule has 2 N–H and O–H groups in total. The van der Waals surface area contributed by atoms with Gasteiger partial charge in [0.05, 0.1) is 0 Å². The van der Waals surface area contributed by atoms with Crippen LogP contribution in [0.3, 0.4) is 0 Å². The van der Waals surface area contributed by atoms with Crippen molar-refractivity contribution in [3.05, 3.63) is 0 Å². The van der Waals surface area contributed by atoms with E-state index in [9.17, 15) is 0 Å². The van der Waals surface area contributed by atoms with Crippen LogP contribution in [0.5, 0.6) is 0 Å². The van der Waals surface area contributed by atoms with Crippen molar-refractivity contribution in [2.45, 2.75) is 65.2 Å². The Morgan fingerprint density at radius 2 is 1.31 bits per heavy atom. The van der Waals surface area contributed by atoms with Crippen LogP contribution in [0.25, 0.3) is 0 Å². The summed E-state index contributed by atoms with van der Waals surface area (Å²) in [4.78, 5) is 2.46. The summed E-state index contributed by atoms with van der Waals surface area (Å²) in [5.74, 6) is 0. The first-order valence-corrected chi connectivity index (χ1v) is 7.27. The number of nitrogens with zero attached hydrogens (tertiary/aromatic N) is 1. The van der Waals surface area contributed by atoms with Gasteiger partial charge >= 0.3 is 0 Å². The summed E-state index contributed by atoms with van der Waals surface area (Å²) in [6.45, 7) is 8.74. The molecule has 0 heterocycles. The highest BCUT2D eigenvalue weighted by Gasteiger charge is 1.99. The molecule has 0 aromatic rings. The van der Waals surface area contributed by atoms with Gasteiger partial charge < -0.3 is 10.6 Å². The van der Waals surface area contributed by atoms with Gasteiger partial charge in [0.2, 0.25) is 0 Å². The molecule has 2 heteroatoms. The average Bonchev–Trinajstić information content (AvgIpc) is 2.31. The average molecular weight is 228 g/mol. The minimum atomic E-state index is 0.796. The first-order valence-electron chi connectivity index (χ1n) is 7.27. The molecular weight excluding hydrogens is 196 g/mol. The molecule has 0 saturated heterocycles. The van der Waals surface area contributed by atoms with Crippen LogP contribution in [-0.2, 0) is 0 Å². The fourth-order valence-electron chi connectivity index (χ4n) is 2.08. The highest BCUT2D eigenvalue weighted by atomic mass is 15.1. The number of hydrogen-bond acceptors (Lipinski definition) is 2. The molecule has 0 bridgehead atoms. The van der Waals surface area contributed by atoms with E-state index in [4.69, 9.17) is 5.73 Å². The largest absolute Gasteiger partial charge is 0.329 e. The summed E-state index contributed by atoms with van der Waals surface area (Å²) < 4.78 is 0. The minimum absolute atomic E-state index is 0.796. The predicted octanol–water partition coefficient (Wildman–Crippen LogP) is 3.41. The van der Waals surface area contributed by atoms with Gasteiger partial charge in [-0.1, -0.05) is 58.8 Å². The molecule has 0 unspecified atom stereocenters. The smallest absolute Gasteiger partial charge is 0.0104 e. The normalized spacial score (nSPS) is 11.2. The lowest BCUT2D eigenvalue weighted by atomic mass is 10.1. The molecule has 98 valence electrons. The zero-order chi connectivity index (χ0) is 12.1. The van der Waals surface area contributed by atoms with Crippen LogP contribution in [0.2, 0.25) is 0 Å². The summed E-state index contributed by atoms with van der Waals surface area (Å²) in [7, 11) is 0. The predicted molar refractivity (Wildman–Crippen MR) is 73.8 cm³/mol. The van der Waals surface area contributed by atoms with Gasteiger partial charge in [0.15, 0.2) is 0 Å². The van der Waals surface area contributed by atoms with Crippen LogP contribution in [0.15, 0.2) is 0 Å². The van der Waals surface area contributed by atoms with Crippen LogP contribution in [0.1, 0.15) is 65.2 Å². The third kappa shape index (κ3) is 10.4. The highest BCUT2D eigenvalue weighted by Crippen LogP contribution is 2.08. The second kappa shape index (κ2) is 13.0. The maximum absolute atomic E-state index is 5.56. The van der Waals surface area contributed by atoms with Crippen molar-refractivity contribution in [1.82, 2.24) is 4.90 Å². The SMILES string of the molecule is CCCCCCCCCCN(CC)CCN. The van der Waals surface area contributed by atoms with Crippen molar-refractivity contribution in [2.75, 3.05) is 26.2 Å². The Kier molecular flexibility index (Phi) is 12.9. The van der Waals surface area contributed by atoms with E-state index in [2.05, 4.69) is 18.7 Å². The molecule has 0 saturated carbocycles. The molecule has 0 aromatic carbocycles. The molecular formula is C14H32N2. The van der Waals surface area contributed by atoms with Crippen LogP contribution in [-0.4, -0.2) is 31.1 Å². The molecule has 0 amide bonds. The maximum atomic E-state index is 5.56. The first-order chi connectivity index (χ1) is 7.85. The quantitative estimate of drug-likeness (QED) is 0.519. The molecule has 0 aliphatic rings. The van der Waals surface area contributed by atoms with Crippen LogP contribution >= 0.6 is 0 Å². The van der Waals surface area contributed by atoms with Crippen molar-refractivity contribution >= 4 is 0 Å². The number of rotatable bonds is 12. The first kappa shape index (κ1) is 15.9.